The predicted molar refractivity (Wildman–Crippen MR) is 130 cm³/mol. The van der Waals surface area contributed by atoms with Gasteiger partial charge in [-0.1, -0.05) is 43.0 Å². The molecule has 4 rings (SSSR count). The third kappa shape index (κ3) is 5.25. The number of amides is 3. The largest absolute Gasteiger partial charge is 0.494 e. The van der Waals surface area contributed by atoms with Crippen LogP contribution in [0.25, 0.3) is 0 Å². The molecule has 3 amide bonds. The Balaban J connectivity index is 1.34. The van der Waals surface area contributed by atoms with E-state index in [1.165, 1.54) is 4.90 Å². The summed E-state index contributed by atoms with van der Waals surface area (Å²) in [7, 11) is 0. The monoisotopic (exact) mass is 481 g/mol. The number of hydrogen-bond donors (Lipinski definition) is 2. The van der Waals surface area contributed by atoms with E-state index in [0.717, 1.165) is 43.4 Å². The van der Waals surface area contributed by atoms with Gasteiger partial charge >= 0.3 is 0 Å². The molecule has 0 saturated heterocycles. The molecule has 1 heterocycles. The van der Waals surface area contributed by atoms with Crippen LogP contribution in [0.1, 0.15) is 54.9 Å². The van der Waals surface area contributed by atoms with Crippen molar-refractivity contribution in [3.8, 4) is 5.75 Å². The van der Waals surface area contributed by atoms with E-state index in [-0.39, 0.29) is 28.6 Å². The molecular weight excluding hydrogens is 454 g/mol. The number of ether oxygens (including phenoxy) is 1. The van der Waals surface area contributed by atoms with Crippen molar-refractivity contribution in [1.29, 1.82) is 0 Å². The fourth-order valence-electron chi connectivity index (χ4n) is 4.31. The van der Waals surface area contributed by atoms with E-state index in [9.17, 15) is 14.4 Å². The van der Waals surface area contributed by atoms with Crippen molar-refractivity contribution in [2.24, 2.45) is 0 Å². The number of anilines is 1. The molecule has 2 aromatic carbocycles. The van der Waals surface area contributed by atoms with Gasteiger partial charge in [0, 0.05) is 23.8 Å². The minimum absolute atomic E-state index is 0.0538. The average Bonchev–Trinajstić information content (AvgIpc) is 3.07. The van der Waals surface area contributed by atoms with Crippen molar-refractivity contribution in [3.63, 3.8) is 0 Å². The first-order valence-electron chi connectivity index (χ1n) is 11.6. The van der Waals surface area contributed by atoms with Crippen LogP contribution in [0.15, 0.2) is 59.3 Å². The summed E-state index contributed by atoms with van der Waals surface area (Å²) in [6.45, 7) is 2.81. The van der Waals surface area contributed by atoms with Gasteiger partial charge in [0.15, 0.2) is 0 Å². The second kappa shape index (κ2) is 10.7. The zero-order valence-corrected chi connectivity index (χ0v) is 19.9. The van der Waals surface area contributed by atoms with Crippen LogP contribution in [-0.2, 0) is 16.1 Å². The fraction of sp³-hybridized carbons (Fsp3) is 0.346. The van der Waals surface area contributed by atoms with E-state index in [4.69, 9.17) is 16.3 Å². The summed E-state index contributed by atoms with van der Waals surface area (Å²) in [5.74, 6) is -0.249. The van der Waals surface area contributed by atoms with E-state index >= 15 is 0 Å². The molecule has 34 heavy (non-hydrogen) atoms. The Morgan fingerprint density at radius 3 is 2.32 bits per heavy atom. The standard InChI is InChI=1S/C26H28ClN3O4/c1-2-34-21-14-12-19(13-15-21)29-24(31)18-10-8-17(9-11-18)16-28-23-22(27)25(32)30(26(23)33)20-6-4-3-5-7-20/h8-15,20,28H,2-7,16H2,1H3,(H,29,31). The van der Waals surface area contributed by atoms with Gasteiger partial charge in [-0.25, -0.2) is 0 Å². The van der Waals surface area contributed by atoms with E-state index in [0.29, 0.717) is 24.4 Å². The first-order valence-corrected chi connectivity index (χ1v) is 12.0. The Bertz CT molecular complexity index is 1090. The first kappa shape index (κ1) is 23.8. The summed E-state index contributed by atoms with van der Waals surface area (Å²) < 4.78 is 5.41. The van der Waals surface area contributed by atoms with Gasteiger partial charge in [0.2, 0.25) is 0 Å². The summed E-state index contributed by atoms with van der Waals surface area (Å²) in [6, 6.07) is 14.1. The van der Waals surface area contributed by atoms with Crippen LogP contribution >= 0.6 is 11.6 Å². The topological polar surface area (TPSA) is 87.7 Å². The summed E-state index contributed by atoms with van der Waals surface area (Å²) in [5, 5.41) is 5.82. The molecule has 0 aromatic heterocycles. The van der Waals surface area contributed by atoms with Crippen molar-refractivity contribution >= 4 is 35.0 Å². The molecule has 1 fully saturated rings. The highest BCUT2D eigenvalue weighted by molar-refractivity contribution is 6.47. The van der Waals surface area contributed by atoms with Crippen molar-refractivity contribution in [2.75, 3.05) is 11.9 Å². The number of carbonyl (C=O) groups excluding carboxylic acids is 3. The summed E-state index contributed by atoms with van der Waals surface area (Å²) in [5.41, 5.74) is 2.18. The number of halogens is 1. The molecule has 1 saturated carbocycles. The van der Waals surface area contributed by atoms with Crippen LogP contribution in [0.4, 0.5) is 5.69 Å². The number of hydrogen-bond acceptors (Lipinski definition) is 5. The maximum absolute atomic E-state index is 12.9. The van der Waals surface area contributed by atoms with Gasteiger partial charge in [-0.3, -0.25) is 19.3 Å². The van der Waals surface area contributed by atoms with Gasteiger partial charge in [0.05, 0.1) is 6.61 Å². The number of benzene rings is 2. The van der Waals surface area contributed by atoms with Gasteiger partial charge in [0.25, 0.3) is 17.7 Å². The van der Waals surface area contributed by atoms with E-state index in [2.05, 4.69) is 10.6 Å². The second-order valence-corrected chi connectivity index (χ2v) is 8.80. The summed E-state index contributed by atoms with van der Waals surface area (Å²) in [4.78, 5) is 39.3. The van der Waals surface area contributed by atoms with E-state index < -0.39 is 5.91 Å². The molecule has 0 spiro atoms. The van der Waals surface area contributed by atoms with Crippen LogP contribution in [0, 0.1) is 0 Å². The van der Waals surface area contributed by atoms with Gasteiger partial charge < -0.3 is 15.4 Å². The minimum Gasteiger partial charge on any atom is -0.494 e. The number of rotatable bonds is 8. The zero-order valence-electron chi connectivity index (χ0n) is 19.1. The normalized spacial score (nSPS) is 16.7. The lowest BCUT2D eigenvalue weighted by molar-refractivity contribution is -0.140. The van der Waals surface area contributed by atoms with E-state index in [1.807, 2.05) is 6.92 Å². The molecule has 178 valence electrons. The molecule has 1 aliphatic carbocycles. The Morgan fingerprint density at radius 2 is 1.68 bits per heavy atom. The van der Waals surface area contributed by atoms with Crippen LogP contribution in [0.5, 0.6) is 5.75 Å². The van der Waals surface area contributed by atoms with Crippen LogP contribution in [-0.4, -0.2) is 35.3 Å². The van der Waals surface area contributed by atoms with Gasteiger partial charge in [-0.15, -0.1) is 0 Å². The van der Waals surface area contributed by atoms with Crippen LogP contribution < -0.4 is 15.4 Å². The van der Waals surface area contributed by atoms with Crippen LogP contribution in [0.2, 0.25) is 0 Å². The van der Waals surface area contributed by atoms with Gasteiger partial charge in [0.1, 0.15) is 16.5 Å². The smallest absolute Gasteiger partial charge is 0.278 e. The lowest BCUT2D eigenvalue weighted by Gasteiger charge is -2.29. The lowest BCUT2D eigenvalue weighted by atomic mass is 9.94. The Morgan fingerprint density at radius 1 is 1.00 bits per heavy atom. The molecule has 2 aromatic rings. The summed E-state index contributed by atoms with van der Waals surface area (Å²) in [6.07, 6.45) is 4.82. The Labute approximate surface area is 204 Å². The number of carbonyl (C=O) groups is 3. The highest BCUT2D eigenvalue weighted by Gasteiger charge is 2.41. The molecule has 2 N–H and O–H groups in total. The highest BCUT2D eigenvalue weighted by atomic mass is 35.5. The Hall–Kier alpha value is -3.32. The van der Waals surface area contributed by atoms with Crippen molar-refractivity contribution < 1.29 is 19.1 Å². The van der Waals surface area contributed by atoms with Crippen LogP contribution in [0.3, 0.4) is 0 Å². The van der Waals surface area contributed by atoms with Crippen molar-refractivity contribution in [2.45, 2.75) is 51.6 Å². The predicted octanol–water partition coefficient (Wildman–Crippen LogP) is 4.58. The fourth-order valence-corrected chi connectivity index (χ4v) is 4.55. The third-order valence-electron chi connectivity index (χ3n) is 6.11. The average molecular weight is 482 g/mol. The maximum Gasteiger partial charge on any atom is 0.278 e. The highest BCUT2D eigenvalue weighted by Crippen LogP contribution is 2.30. The molecule has 2 aliphatic rings. The van der Waals surface area contributed by atoms with Gasteiger partial charge in [-0.2, -0.15) is 0 Å². The number of nitrogens with one attached hydrogen (secondary N) is 2. The zero-order chi connectivity index (χ0) is 24.1. The third-order valence-corrected chi connectivity index (χ3v) is 6.46. The van der Waals surface area contributed by atoms with Crippen molar-refractivity contribution in [1.82, 2.24) is 10.2 Å². The first-order chi connectivity index (χ1) is 16.5. The molecule has 7 nitrogen and oxygen atoms in total. The lowest BCUT2D eigenvalue weighted by Crippen LogP contribution is -2.43. The van der Waals surface area contributed by atoms with Gasteiger partial charge in [-0.05, 0) is 61.7 Å². The summed E-state index contributed by atoms with van der Waals surface area (Å²) >= 11 is 6.22. The molecule has 0 radical (unpaired) electrons. The number of nitrogens with zero attached hydrogens (tertiary/aromatic N) is 1. The number of imide groups is 1. The Kier molecular flexibility index (Phi) is 7.53. The maximum atomic E-state index is 12.9. The SMILES string of the molecule is CCOc1ccc(NC(=O)c2ccc(CNC3=C(Cl)C(=O)N(C4CCCCC4)C3=O)cc2)cc1. The quantitative estimate of drug-likeness (QED) is 0.539. The molecule has 0 bridgehead atoms. The molecular formula is C26H28ClN3O4. The molecule has 1 aliphatic heterocycles. The molecule has 0 unspecified atom stereocenters. The second-order valence-electron chi connectivity index (χ2n) is 8.42. The van der Waals surface area contributed by atoms with Crippen molar-refractivity contribution in [3.05, 3.63) is 70.4 Å². The van der Waals surface area contributed by atoms with E-state index in [1.54, 1.807) is 48.5 Å². The molecule has 8 heteroatoms. The molecule has 0 atom stereocenters. The minimum atomic E-state index is -0.414.